The average Bonchev–Trinajstić information content (AvgIpc) is 2.47. The fourth-order valence-corrected chi connectivity index (χ4v) is 2.12. The summed E-state index contributed by atoms with van der Waals surface area (Å²) in [5.41, 5.74) is 2.25. The molecule has 1 N–H and O–H groups in total. The van der Waals surface area contributed by atoms with Crippen LogP contribution in [0, 0.1) is 13.8 Å². The van der Waals surface area contributed by atoms with Crippen molar-refractivity contribution in [2.45, 2.75) is 20.0 Å². The lowest BCUT2D eigenvalue weighted by atomic mass is 10.1. The van der Waals surface area contributed by atoms with Gasteiger partial charge in [-0.25, -0.2) is 0 Å². The SMILES string of the molecule is Cc1ccc(NC(=O)/C=C/c2cccc(C(F)(F)F)c2)c(C)c1. The van der Waals surface area contributed by atoms with E-state index in [4.69, 9.17) is 0 Å². The van der Waals surface area contributed by atoms with Crippen LogP contribution in [-0.4, -0.2) is 5.91 Å². The van der Waals surface area contributed by atoms with Crippen molar-refractivity contribution in [3.8, 4) is 0 Å². The van der Waals surface area contributed by atoms with Crippen molar-refractivity contribution < 1.29 is 18.0 Å². The van der Waals surface area contributed by atoms with Gasteiger partial charge in [0.05, 0.1) is 5.56 Å². The number of nitrogens with one attached hydrogen (secondary N) is 1. The maximum atomic E-state index is 12.6. The molecule has 0 bridgehead atoms. The molecule has 0 heterocycles. The van der Waals surface area contributed by atoms with Crippen LogP contribution in [0.1, 0.15) is 22.3 Å². The molecule has 0 aromatic heterocycles. The van der Waals surface area contributed by atoms with Crippen LogP contribution < -0.4 is 5.32 Å². The van der Waals surface area contributed by atoms with E-state index in [-0.39, 0.29) is 0 Å². The molecule has 2 aromatic rings. The molecule has 2 aromatic carbocycles. The lowest BCUT2D eigenvalue weighted by molar-refractivity contribution is -0.137. The Bertz CT molecular complexity index is 748. The average molecular weight is 319 g/mol. The van der Waals surface area contributed by atoms with E-state index in [0.717, 1.165) is 23.3 Å². The highest BCUT2D eigenvalue weighted by molar-refractivity contribution is 6.02. The third-order valence-electron chi connectivity index (χ3n) is 3.28. The second-order valence-corrected chi connectivity index (χ2v) is 5.26. The summed E-state index contributed by atoms with van der Waals surface area (Å²) in [4.78, 5) is 11.9. The molecule has 5 heteroatoms. The van der Waals surface area contributed by atoms with E-state index in [9.17, 15) is 18.0 Å². The second kappa shape index (κ2) is 6.69. The van der Waals surface area contributed by atoms with Crippen LogP contribution in [-0.2, 0) is 11.0 Å². The maximum absolute atomic E-state index is 12.6. The van der Waals surface area contributed by atoms with Crippen molar-refractivity contribution in [1.82, 2.24) is 0 Å². The van der Waals surface area contributed by atoms with E-state index in [1.54, 1.807) is 6.07 Å². The van der Waals surface area contributed by atoms with Crippen LogP contribution >= 0.6 is 0 Å². The smallest absolute Gasteiger partial charge is 0.322 e. The minimum atomic E-state index is -4.40. The molecular weight excluding hydrogens is 303 g/mol. The molecule has 0 aliphatic carbocycles. The Morgan fingerprint density at radius 1 is 1.09 bits per heavy atom. The van der Waals surface area contributed by atoms with Crippen LogP contribution in [0.5, 0.6) is 0 Å². The monoisotopic (exact) mass is 319 g/mol. The van der Waals surface area contributed by atoms with Crippen molar-refractivity contribution >= 4 is 17.7 Å². The van der Waals surface area contributed by atoms with Gasteiger partial charge < -0.3 is 5.32 Å². The van der Waals surface area contributed by atoms with E-state index in [1.807, 2.05) is 26.0 Å². The highest BCUT2D eigenvalue weighted by atomic mass is 19.4. The molecule has 0 atom stereocenters. The number of anilines is 1. The zero-order valence-electron chi connectivity index (χ0n) is 12.7. The van der Waals surface area contributed by atoms with Gasteiger partial charge in [0.1, 0.15) is 0 Å². The molecule has 0 aliphatic heterocycles. The molecule has 120 valence electrons. The first-order chi connectivity index (χ1) is 10.8. The topological polar surface area (TPSA) is 29.1 Å². The Morgan fingerprint density at radius 3 is 2.48 bits per heavy atom. The molecule has 0 saturated carbocycles. The van der Waals surface area contributed by atoms with E-state index in [2.05, 4.69) is 5.32 Å². The summed E-state index contributed by atoms with van der Waals surface area (Å²) >= 11 is 0. The summed E-state index contributed by atoms with van der Waals surface area (Å²) < 4.78 is 37.9. The fraction of sp³-hybridized carbons (Fsp3) is 0.167. The summed E-state index contributed by atoms with van der Waals surface area (Å²) in [6.45, 7) is 3.82. The number of amides is 1. The number of hydrogen-bond donors (Lipinski definition) is 1. The van der Waals surface area contributed by atoms with Gasteiger partial charge in [-0.05, 0) is 49.2 Å². The number of alkyl halides is 3. The molecule has 0 saturated heterocycles. The first-order valence-electron chi connectivity index (χ1n) is 6.99. The summed E-state index contributed by atoms with van der Waals surface area (Å²) in [6, 6.07) is 10.4. The summed E-state index contributed by atoms with van der Waals surface area (Å²) in [5, 5.41) is 2.70. The number of hydrogen-bond acceptors (Lipinski definition) is 1. The standard InChI is InChI=1S/C18H16F3NO/c1-12-6-8-16(13(2)10-12)22-17(23)9-7-14-4-3-5-15(11-14)18(19,20)21/h3-11H,1-2H3,(H,22,23)/b9-7+. The number of benzene rings is 2. The Balaban J connectivity index is 2.09. The van der Waals surface area contributed by atoms with Gasteiger partial charge >= 0.3 is 6.18 Å². The highest BCUT2D eigenvalue weighted by Gasteiger charge is 2.30. The summed E-state index contributed by atoms with van der Waals surface area (Å²) in [7, 11) is 0. The van der Waals surface area contributed by atoms with Crippen molar-refractivity contribution in [3.63, 3.8) is 0 Å². The fourth-order valence-electron chi connectivity index (χ4n) is 2.12. The quantitative estimate of drug-likeness (QED) is 0.795. The third kappa shape index (κ3) is 4.71. The van der Waals surface area contributed by atoms with Gasteiger partial charge in [0.25, 0.3) is 0 Å². The Labute approximate surface area is 132 Å². The number of carbonyl (C=O) groups is 1. The zero-order valence-corrected chi connectivity index (χ0v) is 12.7. The lowest BCUT2D eigenvalue weighted by Crippen LogP contribution is -2.09. The molecule has 2 rings (SSSR count). The normalized spacial score (nSPS) is 11.7. The van der Waals surface area contributed by atoms with Crippen LogP contribution in [0.2, 0.25) is 0 Å². The van der Waals surface area contributed by atoms with Gasteiger partial charge in [-0.3, -0.25) is 4.79 Å². The molecule has 0 radical (unpaired) electrons. The predicted molar refractivity (Wildman–Crippen MR) is 85.0 cm³/mol. The van der Waals surface area contributed by atoms with Crippen LogP contribution in [0.3, 0.4) is 0 Å². The summed E-state index contributed by atoms with van der Waals surface area (Å²) in [5.74, 6) is -0.394. The summed E-state index contributed by atoms with van der Waals surface area (Å²) in [6.07, 6.45) is -1.83. The molecule has 2 nitrogen and oxygen atoms in total. The van der Waals surface area contributed by atoms with Crippen LogP contribution in [0.25, 0.3) is 6.08 Å². The predicted octanol–water partition coefficient (Wildman–Crippen LogP) is 4.97. The maximum Gasteiger partial charge on any atom is 0.416 e. The van der Waals surface area contributed by atoms with Crippen molar-refractivity contribution in [1.29, 1.82) is 0 Å². The van der Waals surface area contributed by atoms with E-state index < -0.39 is 17.6 Å². The van der Waals surface area contributed by atoms with Crippen molar-refractivity contribution in [2.24, 2.45) is 0 Å². The number of carbonyl (C=O) groups excluding carboxylic acids is 1. The number of rotatable bonds is 3. The third-order valence-corrected chi connectivity index (χ3v) is 3.28. The number of aryl methyl sites for hydroxylation is 2. The van der Waals surface area contributed by atoms with Crippen molar-refractivity contribution in [3.05, 3.63) is 70.8 Å². The lowest BCUT2D eigenvalue weighted by Gasteiger charge is -2.08. The number of halogens is 3. The van der Waals surface area contributed by atoms with E-state index in [0.29, 0.717) is 11.3 Å². The molecule has 0 aliphatic rings. The first kappa shape index (κ1) is 16.8. The first-order valence-corrected chi connectivity index (χ1v) is 6.99. The second-order valence-electron chi connectivity index (χ2n) is 5.26. The van der Waals surface area contributed by atoms with Gasteiger partial charge in [0.2, 0.25) is 5.91 Å². The van der Waals surface area contributed by atoms with Crippen molar-refractivity contribution in [2.75, 3.05) is 5.32 Å². The van der Waals surface area contributed by atoms with Gasteiger partial charge in [0.15, 0.2) is 0 Å². The molecule has 0 unspecified atom stereocenters. The highest BCUT2D eigenvalue weighted by Crippen LogP contribution is 2.29. The van der Waals surface area contributed by atoms with E-state index in [1.165, 1.54) is 24.3 Å². The zero-order chi connectivity index (χ0) is 17.0. The minimum Gasteiger partial charge on any atom is -0.322 e. The Hall–Kier alpha value is -2.56. The van der Waals surface area contributed by atoms with Gasteiger partial charge in [-0.2, -0.15) is 13.2 Å². The van der Waals surface area contributed by atoms with Crippen LogP contribution in [0.4, 0.5) is 18.9 Å². The van der Waals surface area contributed by atoms with Crippen LogP contribution in [0.15, 0.2) is 48.5 Å². The molecule has 23 heavy (non-hydrogen) atoms. The Morgan fingerprint density at radius 2 is 1.83 bits per heavy atom. The largest absolute Gasteiger partial charge is 0.416 e. The molecule has 0 fully saturated rings. The van der Waals surface area contributed by atoms with Gasteiger partial charge in [0, 0.05) is 11.8 Å². The van der Waals surface area contributed by atoms with Gasteiger partial charge in [-0.15, -0.1) is 0 Å². The Kier molecular flexibility index (Phi) is 4.89. The molecule has 1 amide bonds. The molecule has 0 spiro atoms. The van der Waals surface area contributed by atoms with E-state index >= 15 is 0 Å². The minimum absolute atomic E-state index is 0.315. The molecular formula is C18H16F3NO. The van der Waals surface area contributed by atoms with Gasteiger partial charge in [-0.1, -0.05) is 29.8 Å².